The Bertz CT molecular complexity index is 924. The Labute approximate surface area is 153 Å². The number of anilines is 1. The number of unbranched alkanes of at least 4 members (excludes halogenated alkanes) is 1. The Hall–Kier alpha value is -2.44. The van der Waals surface area contributed by atoms with Gasteiger partial charge in [0.05, 0.1) is 22.7 Å². The molecule has 0 fully saturated rings. The van der Waals surface area contributed by atoms with E-state index < -0.39 is 5.41 Å². The van der Waals surface area contributed by atoms with Crippen molar-refractivity contribution in [2.45, 2.75) is 53.4 Å². The zero-order chi connectivity index (χ0) is 18.7. The summed E-state index contributed by atoms with van der Waals surface area (Å²) >= 11 is 0. The Morgan fingerprint density at radius 2 is 2.00 bits per heavy atom. The van der Waals surface area contributed by atoms with E-state index in [0.29, 0.717) is 6.61 Å². The summed E-state index contributed by atoms with van der Waals surface area (Å²) in [6.45, 7) is 8.72. The molecule has 0 bridgehead atoms. The number of aryl methyl sites for hydroxylation is 1. The van der Waals surface area contributed by atoms with Crippen molar-refractivity contribution < 1.29 is 9.53 Å². The average Bonchev–Trinajstić information content (AvgIpc) is 2.99. The van der Waals surface area contributed by atoms with Crippen LogP contribution in [0.5, 0.6) is 0 Å². The molecule has 3 rings (SSSR count). The van der Waals surface area contributed by atoms with Crippen molar-refractivity contribution in [1.82, 2.24) is 19.6 Å². The molecule has 1 aliphatic rings. The largest absolute Gasteiger partial charge is 0.465 e. The maximum atomic E-state index is 11.7. The lowest BCUT2D eigenvalue weighted by Gasteiger charge is -2.16. The third kappa shape index (κ3) is 3.86. The number of fused-ring (bicyclic) bond motifs is 3. The number of nitrogens with zero attached hydrogens (tertiary/aromatic N) is 4. The van der Waals surface area contributed by atoms with Crippen molar-refractivity contribution in [3.05, 3.63) is 16.5 Å². The van der Waals surface area contributed by atoms with Crippen molar-refractivity contribution in [3.8, 4) is 0 Å². The second-order valence-corrected chi connectivity index (χ2v) is 7.64. The number of nitrogens with one attached hydrogen (secondary N) is 1. The van der Waals surface area contributed by atoms with E-state index in [1.54, 1.807) is 0 Å². The molecular weight excluding hydrogens is 330 g/mol. The van der Waals surface area contributed by atoms with Crippen LogP contribution >= 0.6 is 0 Å². The smallest absolute Gasteiger partial charge is 0.311 e. The van der Waals surface area contributed by atoms with E-state index in [1.807, 2.05) is 27.7 Å². The predicted octanol–water partition coefficient (Wildman–Crippen LogP) is 1.57. The summed E-state index contributed by atoms with van der Waals surface area (Å²) in [6.07, 6.45) is 8.06. The molecule has 0 aromatic carbocycles. The van der Waals surface area contributed by atoms with Gasteiger partial charge in [0.25, 0.3) is 0 Å². The van der Waals surface area contributed by atoms with Gasteiger partial charge in [-0.25, -0.2) is 4.98 Å². The van der Waals surface area contributed by atoms with Crippen LogP contribution in [-0.2, 0) is 9.53 Å². The second-order valence-electron chi connectivity index (χ2n) is 7.64. The van der Waals surface area contributed by atoms with Crippen LogP contribution in [0, 0.1) is 12.3 Å². The minimum atomic E-state index is -0.448. The molecule has 0 amide bonds. The summed E-state index contributed by atoms with van der Waals surface area (Å²) in [5.74, 6) is 1.46. The van der Waals surface area contributed by atoms with Gasteiger partial charge in [-0.1, -0.05) is 12.2 Å². The number of hydrogen-bond acceptors (Lipinski definition) is 6. The minimum Gasteiger partial charge on any atom is -0.465 e. The fourth-order valence-corrected chi connectivity index (χ4v) is 2.87. The van der Waals surface area contributed by atoms with E-state index in [4.69, 9.17) is 9.72 Å². The van der Waals surface area contributed by atoms with Gasteiger partial charge in [-0.05, 0) is 53.4 Å². The molecule has 2 heterocycles. The van der Waals surface area contributed by atoms with Crippen LogP contribution in [0.4, 0.5) is 5.82 Å². The maximum Gasteiger partial charge on any atom is 0.311 e. The molecule has 26 heavy (non-hydrogen) atoms. The normalized spacial score (nSPS) is 13.7. The lowest BCUT2D eigenvalue weighted by molar-refractivity contribution is -0.153. The van der Waals surface area contributed by atoms with E-state index in [0.717, 1.165) is 60.2 Å². The van der Waals surface area contributed by atoms with E-state index in [1.165, 1.54) is 0 Å². The summed E-state index contributed by atoms with van der Waals surface area (Å²) in [6, 6.07) is 0. The highest BCUT2D eigenvalue weighted by molar-refractivity contribution is 5.75. The van der Waals surface area contributed by atoms with Crippen LogP contribution in [0.3, 0.4) is 0 Å². The van der Waals surface area contributed by atoms with Gasteiger partial charge >= 0.3 is 5.97 Å². The van der Waals surface area contributed by atoms with Crippen LogP contribution in [0.2, 0.25) is 0 Å². The van der Waals surface area contributed by atoms with Gasteiger partial charge < -0.3 is 10.1 Å². The van der Waals surface area contributed by atoms with Gasteiger partial charge in [0, 0.05) is 6.54 Å². The Kier molecular flexibility index (Phi) is 5.25. The van der Waals surface area contributed by atoms with Crippen LogP contribution in [0.15, 0.2) is 0 Å². The number of carbonyl (C=O) groups excluding carboxylic acids is 1. The molecule has 0 saturated heterocycles. The molecule has 2 aromatic heterocycles. The fraction of sp³-hybridized carbons (Fsp3) is 0.579. The van der Waals surface area contributed by atoms with Gasteiger partial charge in [-0.15, -0.1) is 10.2 Å². The number of aromatic nitrogens is 4. The first kappa shape index (κ1) is 18.4. The van der Waals surface area contributed by atoms with E-state index >= 15 is 0 Å². The molecule has 0 atom stereocenters. The van der Waals surface area contributed by atoms with E-state index in [2.05, 4.69) is 32.1 Å². The molecule has 2 aromatic rings. The van der Waals surface area contributed by atoms with Crippen LogP contribution < -0.4 is 16.0 Å². The van der Waals surface area contributed by atoms with Gasteiger partial charge in [-0.3, -0.25) is 9.20 Å². The topological polar surface area (TPSA) is 81.4 Å². The molecule has 0 saturated carbocycles. The van der Waals surface area contributed by atoms with E-state index in [9.17, 15) is 4.79 Å². The van der Waals surface area contributed by atoms with Gasteiger partial charge in [0.15, 0.2) is 5.82 Å². The first-order chi connectivity index (χ1) is 12.4. The standard InChI is InChI=1S/C19H27N5O2/c1-13-22-23-17-16(21-14-9-5-6-10-15(14)24(13)17)20-11-7-8-12-26-18(25)19(2,3)4/h9-10H,5-8,11-12H2,1-4H3,(H,20,21). The number of hydrogen-bond donors (Lipinski definition) is 1. The zero-order valence-corrected chi connectivity index (χ0v) is 16.0. The lowest BCUT2D eigenvalue weighted by Crippen LogP contribution is -2.37. The summed E-state index contributed by atoms with van der Waals surface area (Å²) in [5.41, 5.74) is 0.308. The Morgan fingerprint density at radius 1 is 1.23 bits per heavy atom. The van der Waals surface area contributed by atoms with Crippen LogP contribution in [0.1, 0.15) is 52.3 Å². The molecular formula is C19H27N5O2. The van der Waals surface area contributed by atoms with Crippen LogP contribution in [0.25, 0.3) is 17.8 Å². The molecule has 1 N–H and O–H groups in total. The summed E-state index contributed by atoms with van der Waals surface area (Å²) in [7, 11) is 0. The fourth-order valence-electron chi connectivity index (χ4n) is 2.87. The maximum absolute atomic E-state index is 11.7. The molecule has 7 nitrogen and oxygen atoms in total. The molecule has 0 unspecified atom stereocenters. The first-order valence-corrected chi connectivity index (χ1v) is 9.21. The van der Waals surface area contributed by atoms with Crippen molar-refractivity contribution in [2.24, 2.45) is 5.41 Å². The average molecular weight is 357 g/mol. The SMILES string of the molecule is Cc1nnc2c(NCCCCOC(=O)C(C)(C)C)nc3c(n12)=CCCC=3. The minimum absolute atomic E-state index is 0.158. The van der Waals surface area contributed by atoms with Crippen molar-refractivity contribution >= 4 is 29.6 Å². The first-order valence-electron chi connectivity index (χ1n) is 9.21. The predicted molar refractivity (Wildman–Crippen MR) is 101 cm³/mol. The van der Waals surface area contributed by atoms with Crippen molar-refractivity contribution in [2.75, 3.05) is 18.5 Å². The molecule has 1 aliphatic carbocycles. The van der Waals surface area contributed by atoms with Gasteiger partial charge in [-0.2, -0.15) is 0 Å². The molecule has 0 spiro atoms. The second kappa shape index (κ2) is 7.43. The lowest BCUT2D eigenvalue weighted by atomic mass is 9.97. The highest BCUT2D eigenvalue weighted by Gasteiger charge is 2.22. The van der Waals surface area contributed by atoms with Crippen molar-refractivity contribution in [3.63, 3.8) is 0 Å². The molecule has 7 heteroatoms. The molecule has 0 aliphatic heterocycles. The van der Waals surface area contributed by atoms with Gasteiger partial charge in [0.1, 0.15) is 5.82 Å². The van der Waals surface area contributed by atoms with Crippen molar-refractivity contribution in [1.29, 1.82) is 0 Å². The molecule has 0 radical (unpaired) electrons. The number of carbonyl (C=O) groups is 1. The van der Waals surface area contributed by atoms with Gasteiger partial charge in [0.2, 0.25) is 5.65 Å². The van der Waals surface area contributed by atoms with E-state index in [-0.39, 0.29) is 5.97 Å². The number of esters is 1. The number of ether oxygens (including phenoxy) is 1. The molecule has 140 valence electrons. The third-order valence-corrected chi connectivity index (χ3v) is 4.32. The monoisotopic (exact) mass is 357 g/mol. The highest BCUT2D eigenvalue weighted by atomic mass is 16.5. The third-order valence-electron chi connectivity index (χ3n) is 4.32. The Balaban J connectivity index is 1.62. The summed E-state index contributed by atoms with van der Waals surface area (Å²) in [4.78, 5) is 16.5. The zero-order valence-electron chi connectivity index (χ0n) is 16.0. The number of rotatable bonds is 6. The highest BCUT2D eigenvalue weighted by Crippen LogP contribution is 2.15. The Morgan fingerprint density at radius 3 is 2.77 bits per heavy atom. The summed E-state index contributed by atoms with van der Waals surface area (Å²) in [5, 5.41) is 13.9. The quantitative estimate of drug-likeness (QED) is 0.624. The summed E-state index contributed by atoms with van der Waals surface area (Å²) < 4.78 is 7.35. The van der Waals surface area contributed by atoms with Crippen LogP contribution in [-0.4, -0.2) is 38.7 Å².